The van der Waals surface area contributed by atoms with Gasteiger partial charge in [0.15, 0.2) is 6.10 Å². The van der Waals surface area contributed by atoms with Crippen molar-refractivity contribution in [2.24, 2.45) is 0 Å². The van der Waals surface area contributed by atoms with E-state index in [1.807, 2.05) is 0 Å². The molecule has 4 nitrogen and oxygen atoms in total. The van der Waals surface area contributed by atoms with Gasteiger partial charge in [-0.25, -0.2) is 4.79 Å². The molecule has 0 heterocycles. The molecule has 0 aromatic heterocycles. The highest BCUT2D eigenvalue weighted by molar-refractivity contribution is 6.30. The van der Waals surface area contributed by atoms with Gasteiger partial charge in [0.2, 0.25) is 0 Å². The summed E-state index contributed by atoms with van der Waals surface area (Å²) in [7, 11) is 0. The zero-order valence-corrected chi connectivity index (χ0v) is 8.79. The van der Waals surface area contributed by atoms with E-state index in [0.29, 0.717) is 0 Å². The van der Waals surface area contributed by atoms with Crippen LogP contribution < -0.4 is 4.74 Å². The molecule has 0 saturated heterocycles. The zero-order chi connectivity index (χ0) is 13.2. The molecule has 0 fully saturated rings. The molecule has 1 aromatic rings. The van der Waals surface area contributed by atoms with Crippen molar-refractivity contribution in [1.82, 2.24) is 0 Å². The first-order chi connectivity index (χ1) is 7.70. The van der Waals surface area contributed by atoms with Crippen LogP contribution in [0.5, 0.6) is 5.75 Å². The molecule has 0 aliphatic heterocycles. The molecule has 1 atom stereocenters. The van der Waals surface area contributed by atoms with Gasteiger partial charge in [0.05, 0.1) is 0 Å². The summed E-state index contributed by atoms with van der Waals surface area (Å²) in [6.45, 7) is 0. The number of ether oxygens (including phenoxy) is 1. The molecule has 0 saturated carbocycles. The Hall–Kier alpha value is -1.47. The normalized spacial score (nSPS) is 13.2. The van der Waals surface area contributed by atoms with Crippen molar-refractivity contribution >= 4 is 17.6 Å². The van der Waals surface area contributed by atoms with Gasteiger partial charge < -0.3 is 14.9 Å². The number of carboxylic acid groups (broad SMARTS) is 1. The summed E-state index contributed by atoms with van der Waals surface area (Å²) >= 11 is 5.50. The molecule has 0 radical (unpaired) electrons. The highest BCUT2D eigenvalue weighted by Crippen LogP contribution is 2.32. The number of alkyl halides is 3. The number of hydrogen-bond acceptors (Lipinski definition) is 3. The largest absolute Gasteiger partial charge is 0.573 e. The summed E-state index contributed by atoms with van der Waals surface area (Å²) in [6, 6.07) is 2.80. The van der Waals surface area contributed by atoms with Gasteiger partial charge in [0, 0.05) is 10.6 Å². The second kappa shape index (κ2) is 4.80. The second-order valence-electron chi connectivity index (χ2n) is 2.97. The number of aliphatic carboxylic acids is 1. The predicted octanol–water partition coefficient (Wildman–Crippen LogP) is 2.36. The number of halogens is 4. The molecule has 2 N–H and O–H groups in total. The Bertz CT molecular complexity index is 433. The average molecular weight is 271 g/mol. The molecule has 0 bridgehead atoms. The molecular weight excluding hydrogens is 265 g/mol. The Labute approximate surface area is 98.2 Å². The van der Waals surface area contributed by atoms with Gasteiger partial charge in [-0.1, -0.05) is 11.6 Å². The number of aliphatic hydroxyl groups excluding tert-OH is 1. The maximum Gasteiger partial charge on any atom is 0.573 e. The summed E-state index contributed by atoms with van der Waals surface area (Å²) in [5, 5.41) is 17.7. The molecule has 1 rings (SSSR count). The Morgan fingerprint density at radius 3 is 2.47 bits per heavy atom. The molecular formula is C9H6ClF3O4. The highest BCUT2D eigenvalue weighted by atomic mass is 35.5. The molecule has 1 aromatic carbocycles. The fourth-order valence-corrected chi connectivity index (χ4v) is 1.26. The first-order valence-corrected chi connectivity index (χ1v) is 4.54. The van der Waals surface area contributed by atoms with Gasteiger partial charge in [-0.15, -0.1) is 13.2 Å². The van der Waals surface area contributed by atoms with E-state index in [1.54, 1.807) is 0 Å². The lowest BCUT2D eigenvalue weighted by Gasteiger charge is -2.15. The number of carbonyl (C=O) groups is 1. The predicted molar refractivity (Wildman–Crippen MR) is 50.7 cm³/mol. The van der Waals surface area contributed by atoms with Crippen LogP contribution in [0.25, 0.3) is 0 Å². The van der Waals surface area contributed by atoms with E-state index < -0.39 is 29.7 Å². The first-order valence-electron chi connectivity index (χ1n) is 4.17. The van der Waals surface area contributed by atoms with Crippen molar-refractivity contribution < 1.29 is 32.9 Å². The van der Waals surface area contributed by atoms with Gasteiger partial charge >= 0.3 is 12.3 Å². The molecule has 0 aliphatic rings. The van der Waals surface area contributed by atoms with Crippen LogP contribution in [-0.2, 0) is 4.79 Å². The van der Waals surface area contributed by atoms with Crippen molar-refractivity contribution in [2.75, 3.05) is 0 Å². The maximum atomic E-state index is 12.0. The SMILES string of the molecule is O=C(O)C(O)c1cc(Cl)ccc1OC(F)(F)F. The highest BCUT2D eigenvalue weighted by Gasteiger charge is 2.33. The third kappa shape index (κ3) is 3.79. The quantitative estimate of drug-likeness (QED) is 0.885. The van der Waals surface area contributed by atoms with Crippen molar-refractivity contribution in [2.45, 2.75) is 12.5 Å². The smallest absolute Gasteiger partial charge is 0.479 e. The fourth-order valence-electron chi connectivity index (χ4n) is 1.08. The third-order valence-corrected chi connectivity index (χ3v) is 1.96. The minimum atomic E-state index is -4.99. The lowest BCUT2D eigenvalue weighted by Crippen LogP contribution is -2.20. The van der Waals surface area contributed by atoms with E-state index in [0.717, 1.165) is 18.2 Å². The molecule has 0 amide bonds. The van der Waals surface area contributed by atoms with E-state index in [9.17, 15) is 23.1 Å². The van der Waals surface area contributed by atoms with Gasteiger partial charge in [0.25, 0.3) is 0 Å². The van der Waals surface area contributed by atoms with Crippen LogP contribution in [0, 0.1) is 0 Å². The molecule has 94 valence electrons. The van der Waals surface area contributed by atoms with Crippen molar-refractivity contribution in [3.63, 3.8) is 0 Å². The minimum absolute atomic E-state index is 0.0187. The molecule has 1 unspecified atom stereocenters. The Morgan fingerprint density at radius 2 is 2.00 bits per heavy atom. The van der Waals surface area contributed by atoms with E-state index in [1.165, 1.54) is 0 Å². The zero-order valence-electron chi connectivity index (χ0n) is 8.03. The van der Waals surface area contributed by atoms with E-state index in [4.69, 9.17) is 16.7 Å². The van der Waals surface area contributed by atoms with E-state index in [-0.39, 0.29) is 5.02 Å². The van der Waals surface area contributed by atoms with Crippen LogP contribution in [0.1, 0.15) is 11.7 Å². The summed E-state index contributed by atoms with van der Waals surface area (Å²) in [6.07, 6.45) is -7.13. The lowest BCUT2D eigenvalue weighted by atomic mass is 10.1. The van der Waals surface area contributed by atoms with Gasteiger partial charge in [0.1, 0.15) is 5.75 Å². The topological polar surface area (TPSA) is 66.8 Å². The molecule has 0 aliphatic carbocycles. The second-order valence-corrected chi connectivity index (χ2v) is 3.41. The summed E-state index contributed by atoms with van der Waals surface area (Å²) < 4.78 is 39.6. The van der Waals surface area contributed by atoms with Crippen LogP contribution in [0.15, 0.2) is 18.2 Å². The fraction of sp³-hybridized carbons (Fsp3) is 0.222. The van der Waals surface area contributed by atoms with Gasteiger partial charge in [-0.2, -0.15) is 0 Å². The summed E-state index contributed by atoms with van der Waals surface area (Å²) in [5.74, 6) is -2.52. The molecule has 0 spiro atoms. The van der Waals surface area contributed by atoms with Crippen molar-refractivity contribution in [3.05, 3.63) is 28.8 Å². The van der Waals surface area contributed by atoms with Crippen molar-refractivity contribution in [1.29, 1.82) is 0 Å². The molecule has 17 heavy (non-hydrogen) atoms. The van der Waals surface area contributed by atoms with Crippen LogP contribution in [0.3, 0.4) is 0 Å². The summed E-state index contributed by atoms with van der Waals surface area (Å²) in [4.78, 5) is 10.5. The average Bonchev–Trinajstić information content (AvgIpc) is 2.17. The van der Waals surface area contributed by atoms with E-state index in [2.05, 4.69) is 4.74 Å². The van der Waals surface area contributed by atoms with Gasteiger partial charge in [-0.3, -0.25) is 0 Å². The standard InChI is InChI=1S/C9H6ClF3O4/c10-4-1-2-6(17-9(11,12)13)5(3-4)7(14)8(15)16/h1-3,7,14H,(H,15,16). The lowest BCUT2D eigenvalue weighted by molar-refractivity contribution is -0.275. The maximum absolute atomic E-state index is 12.0. The van der Waals surface area contributed by atoms with Crippen LogP contribution in [0.4, 0.5) is 13.2 Å². The Kier molecular flexibility index (Phi) is 3.84. The van der Waals surface area contributed by atoms with Crippen LogP contribution in [-0.4, -0.2) is 22.5 Å². The number of aliphatic hydroxyl groups is 1. The Morgan fingerprint density at radius 1 is 1.41 bits per heavy atom. The number of carboxylic acids is 1. The van der Waals surface area contributed by atoms with Gasteiger partial charge in [-0.05, 0) is 18.2 Å². The van der Waals surface area contributed by atoms with Crippen LogP contribution in [0.2, 0.25) is 5.02 Å². The number of rotatable bonds is 3. The number of hydrogen-bond donors (Lipinski definition) is 2. The summed E-state index contributed by atoms with van der Waals surface area (Å²) in [5.41, 5.74) is -0.567. The third-order valence-electron chi connectivity index (χ3n) is 1.73. The van der Waals surface area contributed by atoms with E-state index >= 15 is 0 Å². The monoisotopic (exact) mass is 270 g/mol. The van der Waals surface area contributed by atoms with Crippen LogP contribution >= 0.6 is 11.6 Å². The Balaban J connectivity index is 3.17. The molecule has 8 heteroatoms. The first kappa shape index (κ1) is 13.6. The number of benzene rings is 1. The minimum Gasteiger partial charge on any atom is -0.479 e. The van der Waals surface area contributed by atoms with Crippen molar-refractivity contribution in [3.8, 4) is 5.75 Å².